The molecule has 3 unspecified atom stereocenters. The highest BCUT2D eigenvalue weighted by Gasteiger charge is 2.76. The molecule has 4 heterocycles. The zero-order valence-corrected chi connectivity index (χ0v) is 49.3. The number of carbonyl (C=O) groups excluding carboxylic acids is 1. The summed E-state index contributed by atoms with van der Waals surface area (Å²) >= 11 is 0. The Labute approximate surface area is 487 Å². The fourth-order valence-electron chi connectivity index (χ4n) is 17.2. The molecule has 8 fully saturated rings. The first-order valence-corrected chi connectivity index (χ1v) is 29.5. The lowest BCUT2D eigenvalue weighted by Gasteiger charge is -2.73. The molecule has 4 aliphatic heterocycles. The minimum Gasteiger partial charge on any atom is -0.479 e. The molecule has 26 nitrogen and oxygen atoms in total. The van der Waals surface area contributed by atoms with Crippen LogP contribution in [0.15, 0.2) is 23.3 Å². The van der Waals surface area contributed by atoms with E-state index in [0.29, 0.717) is 32.1 Å². The molecule has 0 aromatic heterocycles. The van der Waals surface area contributed by atoms with Crippen LogP contribution in [0.2, 0.25) is 0 Å². The third kappa shape index (κ3) is 10.2. The number of aliphatic carboxylic acids is 1. The van der Waals surface area contributed by atoms with Crippen molar-refractivity contribution in [2.45, 2.75) is 255 Å². The van der Waals surface area contributed by atoms with Gasteiger partial charge in [0.15, 0.2) is 37.4 Å². The van der Waals surface area contributed by atoms with Gasteiger partial charge in [0.25, 0.3) is 0 Å². The zero-order valence-electron chi connectivity index (χ0n) is 49.3. The van der Waals surface area contributed by atoms with Crippen molar-refractivity contribution in [1.29, 1.82) is 0 Å². The Bertz CT molecular complexity index is 2440. The number of aliphatic hydroxyl groups excluding tert-OH is 14. The molecule has 9 aliphatic rings. The molecule has 0 spiro atoms. The van der Waals surface area contributed by atoms with Crippen molar-refractivity contribution in [3.8, 4) is 0 Å². The van der Waals surface area contributed by atoms with Crippen molar-refractivity contribution in [3.05, 3.63) is 23.3 Å². The van der Waals surface area contributed by atoms with E-state index >= 15 is 0 Å². The summed E-state index contributed by atoms with van der Waals surface area (Å²) in [6.45, 7) is 16.2. The lowest BCUT2D eigenvalue weighted by molar-refractivity contribution is -0.386. The Morgan fingerprint density at radius 2 is 1.20 bits per heavy atom. The van der Waals surface area contributed by atoms with Crippen molar-refractivity contribution >= 4 is 11.9 Å². The molecule has 31 atom stereocenters. The van der Waals surface area contributed by atoms with E-state index in [1.165, 1.54) is 19.9 Å². The fraction of sp³-hybridized carbons (Fsp3) is 0.897. The van der Waals surface area contributed by atoms with Gasteiger partial charge >= 0.3 is 11.9 Å². The molecular formula is C58H92O26. The van der Waals surface area contributed by atoms with Crippen LogP contribution in [0.5, 0.6) is 0 Å². The van der Waals surface area contributed by atoms with Gasteiger partial charge in [-0.15, -0.1) is 0 Å². The van der Waals surface area contributed by atoms with Crippen LogP contribution in [0.4, 0.5) is 0 Å². The van der Waals surface area contributed by atoms with Gasteiger partial charge in [-0.1, -0.05) is 66.2 Å². The Kier molecular flexibility index (Phi) is 18.6. The second kappa shape index (κ2) is 23.7. The highest BCUT2D eigenvalue weighted by molar-refractivity contribution is 5.87. The summed E-state index contributed by atoms with van der Waals surface area (Å²) in [6, 6.07) is 0. The largest absolute Gasteiger partial charge is 0.479 e. The zero-order chi connectivity index (χ0) is 62.0. The van der Waals surface area contributed by atoms with Crippen LogP contribution in [-0.2, 0) is 52.2 Å². The highest BCUT2D eigenvalue weighted by atomic mass is 16.8. The van der Waals surface area contributed by atoms with Crippen molar-refractivity contribution < 1.29 is 129 Å². The maximum Gasteiger partial charge on any atom is 0.335 e. The number of rotatable bonds is 14. The predicted octanol–water partition coefficient (Wildman–Crippen LogP) is -2.40. The molecule has 84 heavy (non-hydrogen) atoms. The van der Waals surface area contributed by atoms with Crippen molar-refractivity contribution in [3.63, 3.8) is 0 Å². The van der Waals surface area contributed by atoms with Gasteiger partial charge in [-0.2, -0.15) is 0 Å². The Balaban J connectivity index is 1.02. The lowest BCUT2D eigenvalue weighted by Crippen LogP contribution is -2.76. The average molecular weight is 1210 g/mol. The highest BCUT2D eigenvalue weighted by Crippen LogP contribution is 2.76. The summed E-state index contributed by atoms with van der Waals surface area (Å²) in [5.41, 5.74) is -5.01. The van der Waals surface area contributed by atoms with Gasteiger partial charge in [-0.25, -0.2) is 9.59 Å². The minimum atomic E-state index is -2.14. The van der Waals surface area contributed by atoms with Gasteiger partial charge < -0.3 is 119 Å². The molecule has 0 radical (unpaired) electrons. The van der Waals surface area contributed by atoms with Gasteiger partial charge in [0, 0.05) is 11.0 Å². The number of esters is 1. The first kappa shape index (κ1) is 66.0. The van der Waals surface area contributed by atoms with Gasteiger partial charge in [-0.05, 0) is 98.7 Å². The lowest BCUT2D eigenvalue weighted by atomic mass is 9.32. The Morgan fingerprint density at radius 3 is 1.79 bits per heavy atom. The monoisotopic (exact) mass is 1200 g/mol. The van der Waals surface area contributed by atoms with E-state index in [0.717, 1.165) is 5.57 Å². The van der Waals surface area contributed by atoms with Gasteiger partial charge in [-0.3, -0.25) is 0 Å². The van der Waals surface area contributed by atoms with Crippen LogP contribution in [-0.4, -0.2) is 256 Å². The molecule has 9 rings (SSSR count). The normalized spacial score (nSPS) is 52.7. The third-order valence-electron chi connectivity index (χ3n) is 22.5. The number of carboxylic acids is 1. The Hall–Kier alpha value is -2.46. The maximum atomic E-state index is 13.1. The number of carbonyl (C=O) groups is 2. The molecule has 4 saturated heterocycles. The molecule has 0 aromatic carbocycles. The molecule has 0 amide bonds. The molecule has 0 bridgehead atoms. The second-order valence-electron chi connectivity index (χ2n) is 27.4. The summed E-state index contributed by atoms with van der Waals surface area (Å²) in [5, 5.41) is 169. The molecule has 5 aliphatic carbocycles. The number of ether oxygens (including phenoxy) is 9. The SMILES string of the molecule is C/C=C(/C)C(=O)O[C@@H]1[C@@H](O)[C@H](O)[C@@H](O[C@@H]2[C@H](O)C(C)(C)CC3C4=CCC5[C@@]6(C)CC[C@H](O[C@H]7O[C@H](C(=O)O)[C@@H](O)[C@H](O[C@H]8O[C@H](CO)[C@@H](O)[C@@H]8O)[C@H]7O[C@@H]7O[C@H](CO)[C@H](O)[C@H](O)[C@H]7O)C(C)(C)C6CC[C@@]5(C)[C@]4(C)[C@H](O)[C@H](O)[C@]32CO)O[C@H]1C. The standard InChI is InChI=1S/C58H92O26/c1-11-22(2)48(75)80-39-23(3)76-49(37(68)34(39)65)84-46-45(72)53(4,5)18-25-24-12-13-29-55(8)16-15-30(54(6,7)28(55)14-17-56(29,9)57(24,10)43(70)44(71)58(25,46)21-61)79-52-42(83-51-36(67)33(64)31(62)26(19-59)77-51)40(38(69)41(82-52)47(73)74)81-50-35(66)32(63)27(20-60)78-50/h11-12,23,25-46,49-52,59-72H,13-21H2,1-10H3,(H,73,74)/b22-11-/t23-,25?,26+,27+,28?,29?,30-,31-,32+,33-,34-,35-,36+,37-,38-,39-,40-,41-,42+,43+,44-,45-,46+,49+,50+,51-,52-,55-,56+,57-,58-/m0/s1. The first-order valence-electron chi connectivity index (χ1n) is 29.5. The van der Waals surface area contributed by atoms with E-state index in [1.54, 1.807) is 6.92 Å². The van der Waals surface area contributed by atoms with Gasteiger partial charge in [0.05, 0.1) is 61.9 Å². The van der Waals surface area contributed by atoms with Crippen LogP contribution >= 0.6 is 0 Å². The van der Waals surface area contributed by atoms with Crippen molar-refractivity contribution in [1.82, 2.24) is 0 Å². The van der Waals surface area contributed by atoms with Crippen LogP contribution in [0.3, 0.4) is 0 Å². The van der Waals surface area contributed by atoms with Crippen LogP contribution in [0, 0.1) is 50.2 Å². The summed E-state index contributed by atoms with van der Waals surface area (Å²) in [6.07, 6.45) is -34.0. The van der Waals surface area contributed by atoms with E-state index in [4.69, 9.17) is 42.6 Å². The molecule has 4 saturated carbocycles. The van der Waals surface area contributed by atoms with E-state index in [-0.39, 0.29) is 23.8 Å². The molecule has 26 heteroatoms. The number of carboxylic acid groups (broad SMARTS) is 1. The van der Waals surface area contributed by atoms with E-state index < -0.39 is 217 Å². The molecule has 480 valence electrons. The smallest absolute Gasteiger partial charge is 0.335 e. The molecule has 15 N–H and O–H groups in total. The maximum absolute atomic E-state index is 13.1. The summed E-state index contributed by atoms with van der Waals surface area (Å²) in [5.74, 6) is -3.48. The summed E-state index contributed by atoms with van der Waals surface area (Å²) in [4.78, 5) is 25.6. The van der Waals surface area contributed by atoms with E-state index in [2.05, 4.69) is 19.9 Å². The number of fused-ring (bicyclic) bond motifs is 7. The molecule has 0 aromatic rings. The van der Waals surface area contributed by atoms with Gasteiger partial charge in [0.2, 0.25) is 0 Å². The summed E-state index contributed by atoms with van der Waals surface area (Å²) < 4.78 is 54.6. The minimum absolute atomic E-state index is 0.181. The quantitative estimate of drug-likeness (QED) is 0.0373. The number of hydrogen-bond acceptors (Lipinski definition) is 25. The number of hydrogen-bond donors (Lipinski definition) is 15. The third-order valence-corrected chi connectivity index (χ3v) is 22.5. The fourth-order valence-corrected chi connectivity index (χ4v) is 17.2. The predicted molar refractivity (Wildman–Crippen MR) is 285 cm³/mol. The number of aliphatic hydroxyl groups is 14. The van der Waals surface area contributed by atoms with Crippen molar-refractivity contribution in [2.24, 2.45) is 50.2 Å². The Morgan fingerprint density at radius 1 is 0.631 bits per heavy atom. The van der Waals surface area contributed by atoms with Gasteiger partial charge in [0.1, 0.15) is 73.2 Å². The molecular weight excluding hydrogens is 1110 g/mol. The van der Waals surface area contributed by atoms with Crippen molar-refractivity contribution in [2.75, 3.05) is 19.8 Å². The van der Waals surface area contributed by atoms with E-state index in [9.17, 15) is 86.2 Å². The van der Waals surface area contributed by atoms with Crippen LogP contribution in [0.25, 0.3) is 0 Å². The van der Waals surface area contributed by atoms with E-state index in [1.807, 2.05) is 34.6 Å². The first-order chi connectivity index (χ1) is 39.2. The van der Waals surface area contributed by atoms with Crippen LogP contribution < -0.4 is 0 Å². The summed E-state index contributed by atoms with van der Waals surface area (Å²) in [7, 11) is 0. The second-order valence-corrected chi connectivity index (χ2v) is 27.4. The average Bonchev–Trinajstić information content (AvgIpc) is 0.836. The number of allylic oxidation sites excluding steroid dienone is 2. The topological polar surface area (TPSA) is 421 Å². The van der Waals surface area contributed by atoms with Crippen LogP contribution in [0.1, 0.15) is 108 Å².